The van der Waals surface area contributed by atoms with Gasteiger partial charge in [0.15, 0.2) is 6.10 Å². The van der Waals surface area contributed by atoms with Crippen LogP contribution in [-0.2, 0) is 28.6 Å². The summed E-state index contributed by atoms with van der Waals surface area (Å²) in [6, 6.07) is 0. The molecule has 0 aromatic carbocycles. The molecule has 0 fully saturated rings. The number of hydrogen-bond acceptors (Lipinski definition) is 6. The topological polar surface area (TPSA) is 78.9 Å². The van der Waals surface area contributed by atoms with Gasteiger partial charge in [0.1, 0.15) is 13.2 Å². The van der Waals surface area contributed by atoms with Crippen molar-refractivity contribution in [3.8, 4) is 0 Å². The Balaban J connectivity index is 4.20. The number of allylic oxidation sites excluding steroid dienone is 4. The van der Waals surface area contributed by atoms with E-state index < -0.39 is 6.10 Å². The van der Waals surface area contributed by atoms with E-state index >= 15 is 0 Å². The van der Waals surface area contributed by atoms with E-state index in [2.05, 4.69) is 45.1 Å². The highest BCUT2D eigenvalue weighted by Gasteiger charge is 2.19. The molecule has 412 valence electrons. The molecule has 0 aliphatic heterocycles. The lowest BCUT2D eigenvalue weighted by Gasteiger charge is -2.18. The summed E-state index contributed by atoms with van der Waals surface area (Å²) in [5, 5.41) is 0. The van der Waals surface area contributed by atoms with Crippen molar-refractivity contribution >= 4 is 17.9 Å². The highest BCUT2D eigenvalue weighted by Crippen LogP contribution is 2.18. The van der Waals surface area contributed by atoms with E-state index in [0.29, 0.717) is 19.3 Å². The number of unbranched alkanes of at least 4 members (excludes halogenated alkanes) is 43. The molecule has 0 saturated heterocycles. The Morgan fingerprint density at radius 3 is 0.814 bits per heavy atom. The van der Waals surface area contributed by atoms with E-state index in [4.69, 9.17) is 14.2 Å². The molecule has 70 heavy (non-hydrogen) atoms. The summed E-state index contributed by atoms with van der Waals surface area (Å²) in [7, 11) is 0. The molecule has 6 nitrogen and oxygen atoms in total. The van der Waals surface area contributed by atoms with Gasteiger partial charge in [0.2, 0.25) is 0 Å². The summed E-state index contributed by atoms with van der Waals surface area (Å²) in [4.78, 5) is 38.2. The van der Waals surface area contributed by atoms with E-state index in [-0.39, 0.29) is 31.1 Å². The average Bonchev–Trinajstić information content (AvgIpc) is 3.36. The maximum Gasteiger partial charge on any atom is 0.306 e. The summed E-state index contributed by atoms with van der Waals surface area (Å²) < 4.78 is 16.9. The van der Waals surface area contributed by atoms with Crippen molar-refractivity contribution in [2.24, 2.45) is 0 Å². The Morgan fingerprint density at radius 1 is 0.286 bits per heavy atom. The van der Waals surface area contributed by atoms with Crippen molar-refractivity contribution < 1.29 is 28.6 Å². The van der Waals surface area contributed by atoms with Crippen LogP contribution in [0.1, 0.15) is 348 Å². The summed E-state index contributed by atoms with van der Waals surface area (Å²) in [6.45, 7) is 6.66. The second-order valence-corrected chi connectivity index (χ2v) is 21.3. The Morgan fingerprint density at radius 2 is 0.514 bits per heavy atom. The fourth-order valence-electron chi connectivity index (χ4n) is 9.48. The molecule has 0 radical (unpaired) electrons. The first-order valence-electron chi connectivity index (χ1n) is 31.3. The van der Waals surface area contributed by atoms with Gasteiger partial charge < -0.3 is 14.2 Å². The molecule has 0 rings (SSSR count). The Hall–Kier alpha value is -2.11. The van der Waals surface area contributed by atoms with Gasteiger partial charge in [-0.2, -0.15) is 0 Å². The third kappa shape index (κ3) is 56.8. The Kier molecular flexibility index (Phi) is 57.7. The normalized spacial score (nSPS) is 12.1. The lowest BCUT2D eigenvalue weighted by atomic mass is 10.0. The minimum Gasteiger partial charge on any atom is -0.462 e. The van der Waals surface area contributed by atoms with Gasteiger partial charge in [0, 0.05) is 19.3 Å². The highest BCUT2D eigenvalue weighted by atomic mass is 16.6. The van der Waals surface area contributed by atoms with E-state index in [1.54, 1.807) is 0 Å². The van der Waals surface area contributed by atoms with E-state index in [0.717, 1.165) is 64.2 Å². The van der Waals surface area contributed by atoms with Gasteiger partial charge in [-0.05, 0) is 51.4 Å². The van der Waals surface area contributed by atoms with Crippen LogP contribution in [0.5, 0.6) is 0 Å². The molecule has 0 aliphatic carbocycles. The molecule has 1 atom stereocenters. The summed E-state index contributed by atoms with van der Waals surface area (Å²) in [5.41, 5.74) is 0. The second-order valence-electron chi connectivity index (χ2n) is 21.3. The molecule has 0 aliphatic rings. The smallest absolute Gasteiger partial charge is 0.306 e. The molecule has 0 aromatic rings. The molecule has 0 saturated carbocycles. The number of carbonyl (C=O) groups is 3. The monoisotopic (exact) mass is 985 g/mol. The molecule has 0 amide bonds. The Labute approximate surface area is 436 Å². The molecule has 1 unspecified atom stereocenters. The van der Waals surface area contributed by atoms with Crippen LogP contribution in [0.4, 0.5) is 0 Å². The molecule has 0 heterocycles. The van der Waals surface area contributed by atoms with Crippen LogP contribution in [0.2, 0.25) is 0 Å². The van der Waals surface area contributed by atoms with Crippen molar-refractivity contribution in [2.75, 3.05) is 13.2 Å². The number of esters is 3. The van der Waals surface area contributed by atoms with Gasteiger partial charge in [0.25, 0.3) is 0 Å². The fraction of sp³-hybridized carbons (Fsp3) is 0.891. The van der Waals surface area contributed by atoms with Crippen molar-refractivity contribution in [1.29, 1.82) is 0 Å². The molecular weight excluding hydrogens is 865 g/mol. The van der Waals surface area contributed by atoms with E-state index in [1.807, 2.05) is 0 Å². The first-order valence-corrected chi connectivity index (χ1v) is 31.3. The van der Waals surface area contributed by atoms with Crippen LogP contribution < -0.4 is 0 Å². The van der Waals surface area contributed by atoms with Crippen molar-refractivity contribution in [2.45, 2.75) is 354 Å². The SMILES string of the molecule is CCCCC/C=C\C/C=C\CCCCCCCCCCCC(=O)OC(COC(=O)CCCCCCCCCCCC)COC(=O)CCCCCCCCCCCCCCCCCCCCCCCCC. The summed E-state index contributed by atoms with van der Waals surface area (Å²) in [6.07, 6.45) is 70.5. The zero-order chi connectivity index (χ0) is 50.7. The Bertz CT molecular complexity index is 1130. The van der Waals surface area contributed by atoms with Crippen LogP contribution >= 0.6 is 0 Å². The molecule has 0 aromatic heterocycles. The molecule has 0 spiro atoms. The minimum absolute atomic E-state index is 0.0672. The van der Waals surface area contributed by atoms with Gasteiger partial charge >= 0.3 is 17.9 Å². The number of hydrogen-bond donors (Lipinski definition) is 0. The number of rotatable bonds is 58. The average molecular weight is 986 g/mol. The van der Waals surface area contributed by atoms with Gasteiger partial charge in [-0.15, -0.1) is 0 Å². The zero-order valence-electron chi connectivity index (χ0n) is 47.3. The molecule has 0 N–H and O–H groups in total. The van der Waals surface area contributed by atoms with Crippen LogP contribution in [0, 0.1) is 0 Å². The standard InChI is InChI=1S/C64H120O6/c1-4-7-10-13-16-19-22-24-26-28-30-31-32-33-35-36-38-40-42-45-48-51-54-57-63(66)69-60-61(59-68-62(65)56-53-50-47-44-21-18-15-12-9-6-3)70-64(67)58-55-52-49-46-43-41-39-37-34-29-27-25-23-20-17-14-11-8-5-2/h17,20,25,27,61H,4-16,18-19,21-24,26,28-60H2,1-3H3/b20-17-,27-25-. The summed E-state index contributed by atoms with van der Waals surface area (Å²) >= 11 is 0. The van der Waals surface area contributed by atoms with E-state index in [1.165, 1.54) is 244 Å². The number of carbonyl (C=O) groups excluding carboxylic acids is 3. The first-order chi connectivity index (χ1) is 34.5. The van der Waals surface area contributed by atoms with Crippen LogP contribution in [0.25, 0.3) is 0 Å². The van der Waals surface area contributed by atoms with Crippen LogP contribution in [0.3, 0.4) is 0 Å². The zero-order valence-corrected chi connectivity index (χ0v) is 47.3. The van der Waals surface area contributed by atoms with Gasteiger partial charge in [-0.1, -0.05) is 302 Å². The molecule has 6 heteroatoms. The third-order valence-electron chi connectivity index (χ3n) is 14.2. The highest BCUT2D eigenvalue weighted by molar-refractivity contribution is 5.71. The lowest BCUT2D eigenvalue weighted by Crippen LogP contribution is -2.30. The second kappa shape index (κ2) is 59.5. The van der Waals surface area contributed by atoms with Crippen LogP contribution in [-0.4, -0.2) is 37.2 Å². The molecular formula is C64H120O6. The van der Waals surface area contributed by atoms with Crippen molar-refractivity contribution in [1.82, 2.24) is 0 Å². The van der Waals surface area contributed by atoms with Gasteiger partial charge in [-0.3, -0.25) is 14.4 Å². The number of ether oxygens (including phenoxy) is 3. The van der Waals surface area contributed by atoms with Gasteiger partial charge in [0.05, 0.1) is 0 Å². The quantitative estimate of drug-likeness (QED) is 0.0261. The first kappa shape index (κ1) is 67.9. The largest absolute Gasteiger partial charge is 0.462 e. The molecule has 0 bridgehead atoms. The van der Waals surface area contributed by atoms with Gasteiger partial charge in [-0.25, -0.2) is 0 Å². The predicted molar refractivity (Wildman–Crippen MR) is 303 cm³/mol. The van der Waals surface area contributed by atoms with Crippen molar-refractivity contribution in [3.05, 3.63) is 24.3 Å². The lowest BCUT2D eigenvalue weighted by molar-refractivity contribution is -0.167. The minimum atomic E-state index is -0.768. The third-order valence-corrected chi connectivity index (χ3v) is 14.2. The maximum atomic E-state index is 12.9. The predicted octanol–water partition coefficient (Wildman–Crippen LogP) is 21.1. The fourth-order valence-corrected chi connectivity index (χ4v) is 9.48. The maximum absolute atomic E-state index is 12.9. The van der Waals surface area contributed by atoms with E-state index in [9.17, 15) is 14.4 Å². The van der Waals surface area contributed by atoms with Crippen LogP contribution in [0.15, 0.2) is 24.3 Å². The summed E-state index contributed by atoms with van der Waals surface area (Å²) in [5.74, 6) is -0.849. The van der Waals surface area contributed by atoms with Crippen molar-refractivity contribution in [3.63, 3.8) is 0 Å².